The van der Waals surface area contributed by atoms with Gasteiger partial charge in [-0.05, 0) is 18.2 Å². The maximum Gasteiger partial charge on any atom is 0.140 e. The molecule has 0 saturated heterocycles. The molecule has 5 heteroatoms. The smallest absolute Gasteiger partial charge is 0.140 e. The van der Waals surface area contributed by atoms with Crippen molar-refractivity contribution in [3.8, 4) is 5.75 Å². The van der Waals surface area contributed by atoms with Gasteiger partial charge in [0.25, 0.3) is 0 Å². The molecule has 1 aromatic carbocycles. The van der Waals surface area contributed by atoms with E-state index in [1.807, 2.05) is 0 Å². The standard InChI is InChI=1S/C6H10N4O/c7-9-4-1-2-6(11)5(3-4)10-8/h1-3,9-11H,7-8H2. The molecule has 0 aliphatic heterocycles. The van der Waals surface area contributed by atoms with Crippen molar-refractivity contribution < 1.29 is 5.11 Å². The molecule has 0 saturated carbocycles. The highest BCUT2D eigenvalue weighted by atomic mass is 16.3. The van der Waals surface area contributed by atoms with Crippen molar-refractivity contribution in [2.24, 2.45) is 11.7 Å². The average molecular weight is 154 g/mol. The van der Waals surface area contributed by atoms with E-state index in [-0.39, 0.29) is 5.75 Å². The van der Waals surface area contributed by atoms with Crippen LogP contribution in [0.5, 0.6) is 5.75 Å². The van der Waals surface area contributed by atoms with E-state index in [1.165, 1.54) is 6.07 Å². The van der Waals surface area contributed by atoms with E-state index >= 15 is 0 Å². The van der Waals surface area contributed by atoms with Crippen LogP contribution in [0, 0.1) is 0 Å². The van der Waals surface area contributed by atoms with Crippen molar-refractivity contribution >= 4 is 11.4 Å². The largest absolute Gasteiger partial charge is 0.506 e. The van der Waals surface area contributed by atoms with Crippen molar-refractivity contribution in [3.63, 3.8) is 0 Å². The first-order valence-electron chi connectivity index (χ1n) is 3.04. The van der Waals surface area contributed by atoms with Crippen molar-refractivity contribution in [1.82, 2.24) is 0 Å². The number of benzene rings is 1. The molecule has 0 fully saturated rings. The summed E-state index contributed by atoms with van der Waals surface area (Å²) < 4.78 is 0. The van der Waals surface area contributed by atoms with Crippen LogP contribution in [-0.2, 0) is 0 Å². The molecule has 0 aromatic heterocycles. The summed E-state index contributed by atoms with van der Waals surface area (Å²) >= 11 is 0. The van der Waals surface area contributed by atoms with Crippen molar-refractivity contribution in [3.05, 3.63) is 18.2 Å². The Kier molecular flexibility index (Phi) is 2.15. The van der Waals surface area contributed by atoms with Gasteiger partial charge in [-0.15, -0.1) is 0 Å². The van der Waals surface area contributed by atoms with Gasteiger partial charge in [-0.3, -0.25) is 11.7 Å². The van der Waals surface area contributed by atoms with Crippen LogP contribution in [0.4, 0.5) is 11.4 Å². The van der Waals surface area contributed by atoms with Gasteiger partial charge in [0.2, 0.25) is 0 Å². The van der Waals surface area contributed by atoms with E-state index in [0.717, 1.165) is 0 Å². The fourth-order valence-corrected chi connectivity index (χ4v) is 0.741. The van der Waals surface area contributed by atoms with E-state index in [0.29, 0.717) is 11.4 Å². The van der Waals surface area contributed by atoms with E-state index < -0.39 is 0 Å². The molecule has 0 radical (unpaired) electrons. The summed E-state index contributed by atoms with van der Waals surface area (Å²) in [4.78, 5) is 0. The molecular weight excluding hydrogens is 144 g/mol. The first-order chi connectivity index (χ1) is 5.27. The first-order valence-corrected chi connectivity index (χ1v) is 3.04. The summed E-state index contributed by atoms with van der Waals surface area (Å²) in [6.07, 6.45) is 0. The third-order valence-electron chi connectivity index (χ3n) is 1.32. The van der Waals surface area contributed by atoms with E-state index in [9.17, 15) is 0 Å². The Morgan fingerprint density at radius 3 is 2.45 bits per heavy atom. The van der Waals surface area contributed by atoms with Gasteiger partial charge in [0.15, 0.2) is 0 Å². The molecule has 0 atom stereocenters. The Morgan fingerprint density at radius 1 is 1.18 bits per heavy atom. The Balaban J connectivity index is 3.02. The molecule has 0 unspecified atom stereocenters. The van der Waals surface area contributed by atoms with Crippen molar-refractivity contribution in [1.29, 1.82) is 0 Å². The molecule has 5 nitrogen and oxygen atoms in total. The number of hydrogen-bond donors (Lipinski definition) is 5. The number of aromatic hydroxyl groups is 1. The summed E-state index contributed by atoms with van der Waals surface area (Å²) in [6, 6.07) is 4.72. The molecular formula is C6H10N4O. The summed E-state index contributed by atoms with van der Waals surface area (Å²) in [5.41, 5.74) is 5.85. The van der Waals surface area contributed by atoms with Gasteiger partial charge >= 0.3 is 0 Å². The Morgan fingerprint density at radius 2 is 1.91 bits per heavy atom. The van der Waals surface area contributed by atoms with Crippen LogP contribution in [0.25, 0.3) is 0 Å². The fourth-order valence-electron chi connectivity index (χ4n) is 0.741. The molecule has 0 spiro atoms. The fraction of sp³-hybridized carbons (Fsp3) is 0. The predicted molar refractivity (Wildman–Crippen MR) is 43.7 cm³/mol. The number of nitrogen functional groups attached to an aromatic ring is 2. The predicted octanol–water partition coefficient (Wildman–Crippen LogP) is -0.0366. The SMILES string of the molecule is NNc1ccc(O)c(NN)c1. The highest BCUT2D eigenvalue weighted by Crippen LogP contribution is 2.24. The molecule has 1 aromatic rings. The summed E-state index contributed by atoms with van der Waals surface area (Å²) in [6.45, 7) is 0. The highest BCUT2D eigenvalue weighted by molar-refractivity contribution is 5.63. The molecule has 60 valence electrons. The number of anilines is 2. The molecule has 0 aliphatic carbocycles. The van der Waals surface area contributed by atoms with Crippen LogP contribution in [-0.4, -0.2) is 5.11 Å². The molecule has 1 rings (SSSR count). The van der Waals surface area contributed by atoms with Crippen LogP contribution >= 0.6 is 0 Å². The summed E-state index contributed by atoms with van der Waals surface area (Å²) in [5, 5.41) is 9.12. The third-order valence-corrected chi connectivity index (χ3v) is 1.32. The van der Waals surface area contributed by atoms with E-state index in [2.05, 4.69) is 10.9 Å². The quantitative estimate of drug-likeness (QED) is 0.178. The molecule has 0 heterocycles. The van der Waals surface area contributed by atoms with E-state index in [4.69, 9.17) is 16.8 Å². The van der Waals surface area contributed by atoms with Crippen molar-refractivity contribution in [2.75, 3.05) is 10.9 Å². The molecule has 0 bridgehead atoms. The zero-order valence-corrected chi connectivity index (χ0v) is 5.83. The maximum absolute atomic E-state index is 9.12. The minimum Gasteiger partial charge on any atom is -0.506 e. The van der Waals surface area contributed by atoms with Gasteiger partial charge in [0.1, 0.15) is 5.75 Å². The van der Waals surface area contributed by atoms with Crippen molar-refractivity contribution in [2.45, 2.75) is 0 Å². The van der Waals surface area contributed by atoms with Crippen LogP contribution in [0.3, 0.4) is 0 Å². The third kappa shape index (κ3) is 1.51. The van der Waals surface area contributed by atoms with Gasteiger partial charge in [-0.25, -0.2) is 0 Å². The van der Waals surface area contributed by atoms with Gasteiger partial charge in [-0.1, -0.05) is 0 Å². The lowest BCUT2D eigenvalue weighted by atomic mass is 10.2. The van der Waals surface area contributed by atoms with Crippen LogP contribution < -0.4 is 22.5 Å². The second-order valence-corrected chi connectivity index (χ2v) is 2.02. The monoisotopic (exact) mass is 154 g/mol. The second kappa shape index (κ2) is 3.09. The highest BCUT2D eigenvalue weighted by Gasteiger charge is 1.98. The Hall–Kier alpha value is -1.46. The van der Waals surface area contributed by atoms with Gasteiger partial charge < -0.3 is 16.0 Å². The zero-order valence-electron chi connectivity index (χ0n) is 5.83. The van der Waals surface area contributed by atoms with Gasteiger partial charge in [0.05, 0.1) is 11.4 Å². The number of hydrogen-bond acceptors (Lipinski definition) is 5. The number of phenolic OH excluding ortho intramolecular Hbond substituents is 1. The Bertz CT molecular complexity index is 250. The second-order valence-electron chi connectivity index (χ2n) is 2.02. The number of phenols is 1. The van der Waals surface area contributed by atoms with Gasteiger partial charge in [0, 0.05) is 0 Å². The number of nitrogens with two attached hydrogens (primary N) is 2. The van der Waals surface area contributed by atoms with Gasteiger partial charge in [-0.2, -0.15) is 0 Å². The lowest BCUT2D eigenvalue weighted by Crippen LogP contribution is -2.10. The lowest BCUT2D eigenvalue weighted by molar-refractivity contribution is 0.477. The topological polar surface area (TPSA) is 96.3 Å². The molecule has 0 aliphatic rings. The number of rotatable bonds is 2. The Labute approximate surface area is 63.9 Å². The molecule has 11 heavy (non-hydrogen) atoms. The summed E-state index contributed by atoms with van der Waals surface area (Å²) in [5.74, 6) is 10.3. The van der Waals surface area contributed by atoms with E-state index in [1.54, 1.807) is 12.1 Å². The van der Waals surface area contributed by atoms with Crippen LogP contribution in [0.15, 0.2) is 18.2 Å². The number of hydrazine groups is 2. The minimum atomic E-state index is 0.0894. The first kappa shape index (κ1) is 7.64. The zero-order chi connectivity index (χ0) is 8.27. The number of nitrogens with one attached hydrogen (secondary N) is 2. The van der Waals surface area contributed by atoms with Crippen LogP contribution in [0.1, 0.15) is 0 Å². The van der Waals surface area contributed by atoms with Crippen LogP contribution in [0.2, 0.25) is 0 Å². The average Bonchev–Trinajstić information content (AvgIpc) is 2.05. The molecule has 0 amide bonds. The lowest BCUT2D eigenvalue weighted by Gasteiger charge is -2.05. The normalized spacial score (nSPS) is 9.27. The maximum atomic E-state index is 9.12. The minimum absolute atomic E-state index is 0.0894. The molecule has 7 N–H and O–H groups in total. The summed E-state index contributed by atoms with van der Waals surface area (Å²) in [7, 11) is 0.